The van der Waals surface area contributed by atoms with Crippen LogP contribution in [-0.4, -0.2) is 19.2 Å². The molecule has 0 aliphatic rings. The molecule has 4 rings (SSSR count). The van der Waals surface area contributed by atoms with Crippen molar-refractivity contribution in [1.29, 1.82) is 0 Å². The zero-order valence-corrected chi connectivity index (χ0v) is 17.3. The zero-order valence-electron chi connectivity index (χ0n) is 14.9. The number of hydrogen-bond acceptors (Lipinski definition) is 4. The summed E-state index contributed by atoms with van der Waals surface area (Å²) in [7, 11) is 0. The molecule has 0 aliphatic carbocycles. The van der Waals surface area contributed by atoms with Crippen LogP contribution < -0.4 is 5.56 Å². The smallest absolute Gasteiger partial charge is 0.262 e. The van der Waals surface area contributed by atoms with Gasteiger partial charge in [-0.2, -0.15) is 0 Å². The molecule has 0 atom stereocenters. The maximum absolute atomic E-state index is 13.0. The van der Waals surface area contributed by atoms with Crippen molar-refractivity contribution in [2.75, 3.05) is 0 Å². The molecule has 0 amide bonds. The number of thioether (sulfide) groups is 1. The van der Waals surface area contributed by atoms with E-state index in [2.05, 4.69) is 39.1 Å². The minimum Gasteiger partial charge on any atom is -0.276 e. The first-order valence-corrected chi connectivity index (χ1v) is 10.7. The van der Waals surface area contributed by atoms with Gasteiger partial charge in [-0.05, 0) is 30.2 Å². The van der Waals surface area contributed by atoms with Gasteiger partial charge in [0.05, 0.1) is 10.9 Å². The number of benzene rings is 2. The van der Waals surface area contributed by atoms with Gasteiger partial charge in [-0.3, -0.25) is 13.8 Å². The van der Waals surface area contributed by atoms with Gasteiger partial charge in [0.1, 0.15) is 0 Å². The van der Waals surface area contributed by atoms with Gasteiger partial charge >= 0.3 is 0 Å². The Balaban J connectivity index is 1.84. The van der Waals surface area contributed by atoms with Crippen LogP contribution in [0.4, 0.5) is 0 Å². The number of hydrogen-bond donors (Lipinski definition) is 0. The van der Waals surface area contributed by atoms with Crippen molar-refractivity contribution in [3.8, 4) is 0 Å². The average Bonchev–Trinajstić information content (AvgIpc) is 3.11. The number of unbranched alkanes of at least 4 members (excludes halogenated alkanes) is 1. The van der Waals surface area contributed by atoms with E-state index < -0.39 is 0 Å². The third-order valence-corrected chi connectivity index (χ3v) is 6.28. The highest BCUT2D eigenvalue weighted by atomic mass is 79.9. The Morgan fingerprint density at radius 1 is 1.07 bits per heavy atom. The SMILES string of the molecule is CCCCn1c(=O)c2ccccc2n2c(SCc3ccccc3Br)nnc12. The van der Waals surface area contributed by atoms with Crippen LogP contribution in [0.5, 0.6) is 0 Å². The van der Waals surface area contributed by atoms with Crippen LogP contribution in [0.25, 0.3) is 16.7 Å². The first-order chi connectivity index (χ1) is 13.2. The lowest BCUT2D eigenvalue weighted by Crippen LogP contribution is -2.23. The number of fused-ring (bicyclic) bond motifs is 3. The minimum absolute atomic E-state index is 0.00121. The summed E-state index contributed by atoms with van der Waals surface area (Å²) in [5.74, 6) is 1.38. The predicted molar refractivity (Wildman–Crippen MR) is 113 cm³/mol. The van der Waals surface area contributed by atoms with Crippen LogP contribution in [0.1, 0.15) is 25.3 Å². The molecule has 0 bridgehead atoms. The van der Waals surface area contributed by atoms with E-state index in [-0.39, 0.29) is 5.56 Å². The average molecular weight is 443 g/mol. The van der Waals surface area contributed by atoms with Crippen molar-refractivity contribution in [2.24, 2.45) is 0 Å². The van der Waals surface area contributed by atoms with E-state index in [0.717, 1.165) is 33.7 Å². The summed E-state index contributed by atoms with van der Waals surface area (Å²) in [6.07, 6.45) is 1.95. The molecule has 7 heteroatoms. The molecule has 0 fully saturated rings. The molecule has 4 aromatic rings. The summed E-state index contributed by atoms with van der Waals surface area (Å²) in [6, 6.07) is 15.8. The van der Waals surface area contributed by atoms with Crippen molar-refractivity contribution in [3.63, 3.8) is 0 Å². The molecule has 0 spiro atoms. The van der Waals surface area contributed by atoms with Gasteiger partial charge in [0.2, 0.25) is 5.78 Å². The molecule has 2 aromatic carbocycles. The van der Waals surface area contributed by atoms with Gasteiger partial charge in [-0.25, -0.2) is 0 Å². The Labute approximate surface area is 169 Å². The first kappa shape index (κ1) is 18.3. The van der Waals surface area contributed by atoms with E-state index in [0.29, 0.717) is 17.7 Å². The summed E-state index contributed by atoms with van der Waals surface area (Å²) in [5.41, 5.74) is 2.05. The standard InChI is InChI=1S/C20H19BrN4OS/c1-2-3-12-24-18(26)15-9-5-7-11-17(15)25-19(24)22-23-20(25)27-13-14-8-4-6-10-16(14)21/h4-11H,2-3,12-13H2,1H3. The minimum atomic E-state index is 0.00121. The van der Waals surface area contributed by atoms with Gasteiger partial charge in [0.25, 0.3) is 5.56 Å². The number of aryl methyl sites for hydroxylation is 1. The van der Waals surface area contributed by atoms with Gasteiger partial charge in [0, 0.05) is 16.8 Å². The lowest BCUT2D eigenvalue weighted by molar-refractivity contribution is 0.620. The molecule has 0 saturated carbocycles. The van der Waals surface area contributed by atoms with E-state index in [1.807, 2.05) is 46.9 Å². The Morgan fingerprint density at radius 2 is 1.85 bits per heavy atom. The van der Waals surface area contributed by atoms with Crippen molar-refractivity contribution < 1.29 is 0 Å². The second-order valence-corrected chi connectivity index (χ2v) is 8.12. The number of rotatable bonds is 6. The third-order valence-electron chi connectivity index (χ3n) is 4.53. The van der Waals surface area contributed by atoms with E-state index in [1.54, 1.807) is 16.3 Å². The van der Waals surface area contributed by atoms with Gasteiger partial charge in [-0.15, -0.1) is 10.2 Å². The number of para-hydroxylation sites is 1. The largest absolute Gasteiger partial charge is 0.276 e. The molecule has 0 unspecified atom stereocenters. The number of halogens is 1. The number of aromatic nitrogens is 4. The molecule has 0 radical (unpaired) electrons. The molecule has 2 aromatic heterocycles. The molecule has 27 heavy (non-hydrogen) atoms. The Bertz CT molecular complexity index is 1170. The quantitative estimate of drug-likeness (QED) is 0.398. The number of nitrogens with zero attached hydrogens (tertiary/aromatic N) is 4. The fourth-order valence-corrected chi connectivity index (χ4v) is 4.66. The third kappa shape index (κ3) is 3.41. The first-order valence-electron chi connectivity index (χ1n) is 8.93. The lowest BCUT2D eigenvalue weighted by atomic mass is 10.2. The zero-order chi connectivity index (χ0) is 18.8. The Hall–Kier alpha value is -2.12. The molecule has 138 valence electrons. The summed E-state index contributed by atoms with van der Waals surface area (Å²) in [5, 5.41) is 10.3. The van der Waals surface area contributed by atoms with Crippen LogP contribution >= 0.6 is 27.7 Å². The van der Waals surface area contributed by atoms with Crippen LogP contribution in [-0.2, 0) is 12.3 Å². The van der Waals surface area contributed by atoms with Crippen molar-refractivity contribution >= 4 is 44.4 Å². The monoisotopic (exact) mass is 442 g/mol. The molecule has 5 nitrogen and oxygen atoms in total. The van der Waals surface area contributed by atoms with Crippen LogP contribution in [0.3, 0.4) is 0 Å². The summed E-state index contributed by atoms with van der Waals surface area (Å²) >= 11 is 5.22. The van der Waals surface area contributed by atoms with Crippen LogP contribution in [0.2, 0.25) is 0 Å². The van der Waals surface area contributed by atoms with Crippen molar-refractivity contribution in [3.05, 3.63) is 68.9 Å². The highest BCUT2D eigenvalue weighted by molar-refractivity contribution is 9.10. The normalized spacial score (nSPS) is 11.5. The second-order valence-electron chi connectivity index (χ2n) is 6.33. The molecule has 0 saturated heterocycles. The van der Waals surface area contributed by atoms with E-state index in [1.165, 1.54) is 5.56 Å². The topological polar surface area (TPSA) is 52.2 Å². The molecule has 0 aliphatic heterocycles. The van der Waals surface area contributed by atoms with Crippen LogP contribution in [0.15, 0.2) is 63.0 Å². The lowest BCUT2D eigenvalue weighted by Gasteiger charge is -2.11. The maximum Gasteiger partial charge on any atom is 0.262 e. The van der Waals surface area contributed by atoms with Gasteiger partial charge < -0.3 is 0 Å². The maximum atomic E-state index is 13.0. The van der Waals surface area contributed by atoms with Gasteiger partial charge in [-0.1, -0.05) is 71.4 Å². The highest BCUT2D eigenvalue weighted by Crippen LogP contribution is 2.27. The van der Waals surface area contributed by atoms with Crippen molar-refractivity contribution in [1.82, 2.24) is 19.2 Å². The van der Waals surface area contributed by atoms with Gasteiger partial charge in [0.15, 0.2) is 5.16 Å². The summed E-state index contributed by atoms with van der Waals surface area (Å²) < 4.78 is 4.84. The molecule has 0 N–H and O–H groups in total. The van der Waals surface area contributed by atoms with E-state index in [4.69, 9.17) is 0 Å². The predicted octanol–water partition coefficient (Wildman–Crippen LogP) is 4.90. The van der Waals surface area contributed by atoms with Crippen LogP contribution in [0, 0.1) is 0 Å². The highest BCUT2D eigenvalue weighted by Gasteiger charge is 2.16. The Kier molecular flexibility index (Phi) is 5.31. The second kappa shape index (κ2) is 7.86. The molecular formula is C20H19BrN4OS. The van der Waals surface area contributed by atoms with Crippen molar-refractivity contribution in [2.45, 2.75) is 37.2 Å². The molecular weight excluding hydrogens is 424 g/mol. The molecule has 2 heterocycles. The van der Waals surface area contributed by atoms with E-state index >= 15 is 0 Å². The summed E-state index contributed by atoms with van der Waals surface area (Å²) in [6.45, 7) is 2.77. The van der Waals surface area contributed by atoms with E-state index in [9.17, 15) is 4.79 Å². The summed E-state index contributed by atoms with van der Waals surface area (Å²) in [4.78, 5) is 13.0. The Morgan fingerprint density at radius 3 is 2.67 bits per heavy atom. The fraction of sp³-hybridized carbons (Fsp3) is 0.250. The fourth-order valence-electron chi connectivity index (χ4n) is 3.10.